The van der Waals surface area contributed by atoms with E-state index in [0.29, 0.717) is 19.1 Å². The van der Waals surface area contributed by atoms with Crippen molar-refractivity contribution >= 4 is 5.97 Å². The lowest BCUT2D eigenvalue weighted by molar-refractivity contribution is -0.156. The van der Waals surface area contributed by atoms with E-state index >= 15 is 0 Å². The molecule has 0 spiro atoms. The Hall–Kier alpha value is -1.55. The summed E-state index contributed by atoms with van der Waals surface area (Å²) in [5.41, 5.74) is 0. The molecule has 2 rings (SSSR count). The third kappa shape index (κ3) is 6.17. The number of para-hydroxylation sites is 1. The molecule has 1 saturated carbocycles. The van der Waals surface area contributed by atoms with Gasteiger partial charge in [0.15, 0.2) is 0 Å². The zero-order valence-corrected chi connectivity index (χ0v) is 12.6. The maximum atomic E-state index is 11.7. The topological polar surface area (TPSA) is 44.8 Å². The molecule has 0 saturated heterocycles. The predicted octanol–water partition coefficient (Wildman–Crippen LogP) is 3.20. The fourth-order valence-electron chi connectivity index (χ4n) is 2.60. The first-order valence-electron chi connectivity index (χ1n) is 7.69. The summed E-state index contributed by atoms with van der Waals surface area (Å²) in [6, 6.07) is 9.54. The molecule has 2 atom stereocenters. The lowest BCUT2D eigenvalue weighted by Gasteiger charge is -2.26. The molecule has 4 heteroatoms. The van der Waals surface area contributed by atoms with Gasteiger partial charge < -0.3 is 14.2 Å². The molecule has 21 heavy (non-hydrogen) atoms. The van der Waals surface area contributed by atoms with Gasteiger partial charge in [0.05, 0.1) is 6.61 Å². The summed E-state index contributed by atoms with van der Waals surface area (Å²) in [5.74, 6) is 1.19. The van der Waals surface area contributed by atoms with Crippen molar-refractivity contribution in [2.75, 3.05) is 19.8 Å². The number of carbonyl (C=O) groups is 1. The predicted molar refractivity (Wildman–Crippen MR) is 80.3 cm³/mol. The molecular formula is C17H24O4. The number of ether oxygens (including phenoxy) is 3. The molecule has 1 fully saturated rings. The Morgan fingerprint density at radius 2 is 2.00 bits per heavy atom. The molecule has 0 aromatic heterocycles. The molecule has 1 aliphatic rings. The minimum absolute atomic E-state index is 0.00301. The number of benzene rings is 1. The molecule has 1 aromatic carbocycles. The van der Waals surface area contributed by atoms with E-state index in [1.54, 1.807) is 0 Å². The number of rotatable bonds is 7. The van der Waals surface area contributed by atoms with E-state index in [9.17, 15) is 4.79 Å². The van der Waals surface area contributed by atoms with Gasteiger partial charge in [-0.1, -0.05) is 31.5 Å². The van der Waals surface area contributed by atoms with E-state index in [0.717, 1.165) is 25.0 Å². The molecule has 116 valence electrons. The van der Waals surface area contributed by atoms with Crippen LogP contribution >= 0.6 is 0 Å². The largest absolute Gasteiger partial charge is 0.491 e. The van der Waals surface area contributed by atoms with Crippen molar-refractivity contribution in [3.8, 4) is 5.75 Å². The van der Waals surface area contributed by atoms with Gasteiger partial charge in [-0.25, -0.2) is 4.79 Å². The van der Waals surface area contributed by atoms with Crippen LogP contribution in [0.4, 0.5) is 0 Å². The fraction of sp³-hybridized carbons (Fsp3) is 0.588. The van der Waals surface area contributed by atoms with Crippen LogP contribution in [0.1, 0.15) is 32.6 Å². The molecule has 0 radical (unpaired) electrons. The normalized spacial score (nSPS) is 21.8. The van der Waals surface area contributed by atoms with Gasteiger partial charge in [-0.15, -0.1) is 0 Å². The van der Waals surface area contributed by atoms with E-state index < -0.39 is 0 Å². The first-order chi connectivity index (χ1) is 10.2. The molecular weight excluding hydrogens is 268 g/mol. The van der Waals surface area contributed by atoms with Crippen LogP contribution in [0.25, 0.3) is 0 Å². The molecule has 1 aromatic rings. The Morgan fingerprint density at radius 1 is 1.19 bits per heavy atom. The van der Waals surface area contributed by atoms with E-state index in [-0.39, 0.29) is 18.7 Å². The van der Waals surface area contributed by atoms with Gasteiger partial charge in [-0.05, 0) is 37.3 Å². The summed E-state index contributed by atoms with van der Waals surface area (Å²) in [5, 5.41) is 0. The van der Waals surface area contributed by atoms with Gasteiger partial charge in [0.25, 0.3) is 0 Å². The quantitative estimate of drug-likeness (QED) is 0.572. The van der Waals surface area contributed by atoms with Crippen LogP contribution in [0, 0.1) is 5.92 Å². The Kier molecular flexibility index (Phi) is 6.54. The first kappa shape index (κ1) is 15.8. The van der Waals surface area contributed by atoms with Gasteiger partial charge in [0.1, 0.15) is 25.1 Å². The van der Waals surface area contributed by atoms with Crippen molar-refractivity contribution in [3.05, 3.63) is 30.3 Å². The maximum Gasteiger partial charge on any atom is 0.332 e. The third-order valence-corrected chi connectivity index (χ3v) is 3.65. The summed E-state index contributed by atoms with van der Waals surface area (Å²) >= 11 is 0. The van der Waals surface area contributed by atoms with Gasteiger partial charge in [0.2, 0.25) is 0 Å². The van der Waals surface area contributed by atoms with Crippen LogP contribution in [0.3, 0.4) is 0 Å². The second kappa shape index (κ2) is 8.67. The monoisotopic (exact) mass is 292 g/mol. The minimum Gasteiger partial charge on any atom is -0.491 e. The second-order valence-electron chi connectivity index (χ2n) is 5.60. The Balaban J connectivity index is 1.53. The summed E-state index contributed by atoms with van der Waals surface area (Å²) in [6.45, 7) is 3.02. The number of hydrogen-bond donors (Lipinski definition) is 0. The summed E-state index contributed by atoms with van der Waals surface area (Å²) in [4.78, 5) is 11.7. The highest BCUT2D eigenvalue weighted by Gasteiger charge is 2.21. The SMILES string of the molecule is CC1CCCC(OC(=O)COCCOc2ccccc2)C1. The van der Waals surface area contributed by atoms with Crippen molar-refractivity contribution in [3.63, 3.8) is 0 Å². The molecule has 0 bridgehead atoms. The van der Waals surface area contributed by atoms with Gasteiger partial charge in [0, 0.05) is 0 Å². The average Bonchev–Trinajstić information content (AvgIpc) is 2.48. The smallest absolute Gasteiger partial charge is 0.332 e. The van der Waals surface area contributed by atoms with Gasteiger partial charge in [-0.2, -0.15) is 0 Å². The van der Waals surface area contributed by atoms with E-state index in [1.165, 1.54) is 6.42 Å². The highest BCUT2D eigenvalue weighted by molar-refractivity contribution is 5.70. The zero-order chi connectivity index (χ0) is 14.9. The standard InChI is InChI=1S/C17H24O4/c1-14-6-5-9-16(12-14)21-17(18)13-19-10-11-20-15-7-3-2-4-8-15/h2-4,7-8,14,16H,5-6,9-13H2,1H3. The summed E-state index contributed by atoms with van der Waals surface area (Å²) in [6.07, 6.45) is 4.41. The number of esters is 1. The van der Waals surface area contributed by atoms with E-state index in [2.05, 4.69) is 6.92 Å². The summed E-state index contributed by atoms with van der Waals surface area (Å²) in [7, 11) is 0. The molecule has 1 aliphatic carbocycles. The van der Waals surface area contributed by atoms with Crippen molar-refractivity contribution in [2.45, 2.75) is 38.7 Å². The highest BCUT2D eigenvalue weighted by atomic mass is 16.6. The van der Waals surface area contributed by atoms with Crippen LogP contribution < -0.4 is 4.74 Å². The Labute approximate surface area is 126 Å². The zero-order valence-electron chi connectivity index (χ0n) is 12.6. The number of carbonyl (C=O) groups excluding carboxylic acids is 1. The van der Waals surface area contributed by atoms with Crippen LogP contribution in [0.2, 0.25) is 0 Å². The van der Waals surface area contributed by atoms with E-state index in [4.69, 9.17) is 14.2 Å². The van der Waals surface area contributed by atoms with Crippen LogP contribution in [-0.2, 0) is 14.3 Å². The van der Waals surface area contributed by atoms with Crippen LogP contribution in [0.15, 0.2) is 30.3 Å². The highest BCUT2D eigenvalue weighted by Crippen LogP contribution is 2.25. The number of hydrogen-bond acceptors (Lipinski definition) is 4. The first-order valence-corrected chi connectivity index (χ1v) is 7.69. The average molecular weight is 292 g/mol. The molecule has 4 nitrogen and oxygen atoms in total. The van der Waals surface area contributed by atoms with Crippen molar-refractivity contribution in [2.24, 2.45) is 5.92 Å². The van der Waals surface area contributed by atoms with Crippen molar-refractivity contribution in [1.29, 1.82) is 0 Å². The van der Waals surface area contributed by atoms with Crippen LogP contribution in [0.5, 0.6) is 5.75 Å². The van der Waals surface area contributed by atoms with E-state index in [1.807, 2.05) is 30.3 Å². The van der Waals surface area contributed by atoms with Gasteiger partial charge >= 0.3 is 5.97 Å². The molecule has 0 amide bonds. The van der Waals surface area contributed by atoms with Crippen LogP contribution in [-0.4, -0.2) is 31.9 Å². The molecule has 2 unspecified atom stereocenters. The molecule has 0 N–H and O–H groups in total. The second-order valence-corrected chi connectivity index (χ2v) is 5.60. The fourth-order valence-corrected chi connectivity index (χ4v) is 2.60. The molecule has 0 aliphatic heterocycles. The Morgan fingerprint density at radius 3 is 2.76 bits per heavy atom. The lowest BCUT2D eigenvalue weighted by atomic mass is 9.89. The van der Waals surface area contributed by atoms with Crippen molar-refractivity contribution < 1.29 is 19.0 Å². The lowest BCUT2D eigenvalue weighted by Crippen LogP contribution is -2.26. The maximum absolute atomic E-state index is 11.7. The molecule has 0 heterocycles. The van der Waals surface area contributed by atoms with Gasteiger partial charge in [-0.3, -0.25) is 0 Å². The Bertz CT molecular complexity index is 418. The minimum atomic E-state index is -0.270. The summed E-state index contributed by atoms with van der Waals surface area (Å²) < 4.78 is 16.2. The van der Waals surface area contributed by atoms with Crippen molar-refractivity contribution in [1.82, 2.24) is 0 Å². The third-order valence-electron chi connectivity index (χ3n) is 3.65.